The van der Waals surface area contributed by atoms with Gasteiger partial charge in [0.25, 0.3) is 0 Å². The van der Waals surface area contributed by atoms with Crippen molar-refractivity contribution in [3.8, 4) is 0 Å². The van der Waals surface area contributed by atoms with Crippen molar-refractivity contribution < 1.29 is 4.79 Å². The van der Waals surface area contributed by atoms with Crippen LogP contribution in [0.2, 0.25) is 0 Å². The Bertz CT molecular complexity index is 673. The summed E-state index contributed by atoms with van der Waals surface area (Å²) in [6.45, 7) is 6.93. The fraction of sp³-hybridized carbons (Fsp3) is 0.474. The highest BCUT2D eigenvalue weighted by molar-refractivity contribution is 5.78. The minimum Gasteiger partial charge on any atom is -0.339 e. The molecule has 2 saturated heterocycles. The van der Waals surface area contributed by atoms with Crippen LogP contribution >= 0.6 is 0 Å². The Kier molecular flexibility index (Phi) is 4.81. The molecule has 2 aliphatic rings. The fourth-order valence-electron chi connectivity index (χ4n) is 3.62. The molecule has 0 atom stereocenters. The summed E-state index contributed by atoms with van der Waals surface area (Å²) in [5.41, 5.74) is 1.34. The SMILES string of the molecule is O=C(CN1CC(n2cccn2)C1)N1CCN(Cc2ccccc2)CC1. The van der Waals surface area contributed by atoms with Gasteiger partial charge in [0.15, 0.2) is 0 Å². The van der Waals surface area contributed by atoms with Gasteiger partial charge in [-0.15, -0.1) is 0 Å². The van der Waals surface area contributed by atoms with Crippen molar-refractivity contribution in [2.24, 2.45) is 0 Å². The van der Waals surface area contributed by atoms with E-state index in [-0.39, 0.29) is 5.91 Å². The smallest absolute Gasteiger partial charge is 0.236 e. The van der Waals surface area contributed by atoms with Crippen LogP contribution in [0.4, 0.5) is 0 Å². The molecule has 0 bridgehead atoms. The first-order chi connectivity index (χ1) is 12.3. The quantitative estimate of drug-likeness (QED) is 0.818. The van der Waals surface area contributed by atoms with Gasteiger partial charge in [-0.3, -0.25) is 19.3 Å². The topological polar surface area (TPSA) is 44.6 Å². The summed E-state index contributed by atoms with van der Waals surface area (Å²) in [4.78, 5) is 19.2. The Morgan fingerprint density at radius 3 is 2.44 bits per heavy atom. The summed E-state index contributed by atoms with van der Waals surface area (Å²) in [7, 11) is 0. The number of rotatable bonds is 5. The number of piperazine rings is 1. The predicted molar refractivity (Wildman–Crippen MR) is 96.0 cm³/mol. The molecule has 0 radical (unpaired) electrons. The highest BCUT2D eigenvalue weighted by Gasteiger charge is 2.31. The van der Waals surface area contributed by atoms with Crippen LogP contribution in [0.5, 0.6) is 0 Å². The molecule has 2 fully saturated rings. The van der Waals surface area contributed by atoms with Crippen LogP contribution in [-0.4, -0.2) is 76.2 Å². The van der Waals surface area contributed by atoms with Crippen molar-refractivity contribution in [2.75, 3.05) is 45.8 Å². The van der Waals surface area contributed by atoms with E-state index in [2.05, 4.69) is 39.2 Å². The molecule has 25 heavy (non-hydrogen) atoms. The molecular weight excluding hydrogens is 314 g/mol. The summed E-state index contributed by atoms with van der Waals surface area (Å²) >= 11 is 0. The van der Waals surface area contributed by atoms with Gasteiger partial charge in [0.1, 0.15) is 0 Å². The van der Waals surface area contributed by atoms with Gasteiger partial charge in [0, 0.05) is 58.2 Å². The van der Waals surface area contributed by atoms with Crippen LogP contribution in [0.25, 0.3) is 0 Å². The normalized spacial score (nSPS) is 19.8. The Balaban J connectivity index is 1.19. The maximum atomic E-state index is 12.5. The second-order valence-electron chi connectivity index (χ2n) is 6.98. The molecule has 2 aliphatic heterocycles. The van der Waals surface area contributed by atoms with Crippen molar-refractivity contribution in [3.05, 3.63) is 54.4 Å². The van der Waals surface area contributed by atoms with Gasteiger partial charge in [0.05, 0.1) is 12.6 Å². The monoisotopic (exact) mass is 339 g/mol. The van der Waals surface area contributed by atoms with Crippen molar-refractivity contribution in [1.82, 2.24) is 24.5 Å². The van der Waals surface area contributed by atoms with Crippen molar-refractivity contribution in [2.45, 2.75) is 12.6 Å². The minimum atomic E-state index is 0.262. The van der Waals surface area contributed by atoms with Crippen LogP contribution in [-0.2, 0) is 11.3 Å². The highest BCUT2D eigenvalue weighted by Crippen LogP contribution is 2.20. The average Bonchev–Trinajstić information content (AvgIpc) is 3.13. The second-order valence-corrected chi connectivity index (χ2v) is 6.98. The molecule has 6 heteroatoms. The van der Waals surface area contributed by atoms with Crippen LogP contribution < -0.4 is 0 Å². The van der Waals surface area contributed by atoms with E-state index in [4.69, 9.17) is 0 Å². The first-order valence-corrected chi connectivity index (χ1v) is 9.03. The van der Waals surface area contributed by atoms with Crippen molar-refractivity contribution in [1.29, 1.82) is 0 Å². The lowest BCUT2D eigenvalue weighted by Gasteiger charge is -2.41. The van der Waals surface area contributed by atoms with E-state index in [1.165, 1.54) is 5.56 Å². The summed E-state index contributed by atoms with van der Waals surface area (Å²) < 4.78 is 1.99. The Hall–Kier alpha value is -2.18. The third-order valence-electron chi connectivity index (χ3n) is 5.17. The van der Waals surface area contributed by atoms with E-state index in [1.54, 1.807) is 0 Å². The van der Waals surface area contributed by atoms with Crippen molar-refractivity contribution >= 4 is 5.91 Å². The molecule has 6 nitrogen and oxygen atoms in total. The van der Waals surface area contributed by atoms with Gasteiger partial charge in [-0.05, 0) is 11.6 Å². The number of hydrogen-bond acceptors (Lipinski definition) is 4. The van der Waals surface area contributed by atoms with Crippen molar-refractivity contribution in [3.63, 3.8) is 0 Å². The standard InChI is InChI=1S/C19H25N5O/c25-19(16-22-14-18(15-22)24-8-4-7-20-24)23-11-9-21(10-12-23)13-17-5-2-1-3-6-17/h1-8,18H,9-16H2. The molecule has 2 aromatic rings. The zero-order valence-corrected chi connectivity index (χ0v) is 14.5. The fourth-order valence-corrected chi connectivity index (χ4v) is 3.62. The molecule has 1 amide bonds. The van der Waals surface area contributed by atoms with Crippen LogP contribution in [0.15, 0.2) is 48.8 Å². The summed E-state index contributed by atoms with van der Waals surface area (Å²) in [6, 6.07) is 12.9. The number of carbonyl (C=O) groups is 1. The maximum absolute atomic E-state index is 12.5. The van der Waals surface area contributed by atoms with Gasteiger partial charge in [-0.25, -0.2) is 0 Å². The van der Waals surface area contributed by atoms with Gasteiger partial charge in [-0.2, -0.15) is 5.10 Å². The Morgan fingerprint density at radius 1 is 1.00 bits per heavy atom. The lowest BCUT2D eigenvalue weighted by molar-refractivity contribution is -0.135. The zero-order chi connectivity index (χ0) is 17.1. The number of likely N-dealkylation sites (tertiary alicyclic amines) is 1. The first kappa shape index (κ1) is 16.3. The summed E-state index contributed by atoms with van der Waals surface area (Å²) in [6.07, 6.45) is 3.80. The molecule has 1 aromatic heterocycles. The molecular formula is C19H25N5O. The molecule has 0 unspecified atom stereocenters. The molecule has 0 spiro atoms. The minimum absolute atomic E-state index is 0.262. The second kappa shape index (κ2) is 7.37. The van der Waals surface area contributed by atoms with Gasteiger partial charge < -0.3 is 4.90 Å². The highest BCUT2D eigenvalue weighted by atomic mass is 16.2. The molecule has 0 N–H and O–H groups in total. The lowest BCUT2D eigenvalue weighted by atomic mass is 10.1. The molecule has 0 aliphatic carbocycles. The van der Waals surface area contributed by atoms with E-state index >= 15 is 0 Å². The van der Waals surface area contributed by atoms with E-state index in [0.29, 0.717) is 12.6 Å². The van der Waals surface area contributed by atoms with Gasteiger partial charge in [0.2, 0.25) is 5.91 Å². The Labute approximate surface area is 148 Å². The number of hydrogen-bond donors (Lipinski definition) is 0. The third kappa shape index (κ3) is 3.91. The predicted octanol–water partition coefficient (Wildman–Crippen LogP) is 1.08. The maximum Gasteiger partial charge on any atom is 0.236 e. The van der Waals surface area contributed by atoms with E-state index in [9.17, 15) is 4.79 Å². The summed E-state index contributed by atoms with van der Waals surface area (Å²) in [5, 5.41) is 4.27. The molecule has 132 valence electrons. The van der Waals surface area contributed by atoms with Crippen LogP contribution in [0.3, 0.4) is 0 Å². The Morgan fingerprint density at radius 2 is 1.76 bits per heavy atom. The number of carbonyl (C=O) groups excluding carboxylic acids is 1. The summed E-state index contributed by atoms with van der Waals surface area (Å²) in [5.74, 6) is 0.262. The van der Waals surface area contributed by atoms with Crippen LogP contribution in [0, 0.1) is 0 Å². The number of nitrogens with zero attached hydrogens (tertiary/aromatic N) is 5. The van der Waals surface area contributed by atoms with Gasteiger partial charge in [-0.1, -0.05) is 30.3 Å². The van der Waals surface area contributed by atoms with E-state index in [0.717, 1.165) is 45.8 Å². The molecule has 4 rings (SSSR count). The van der Waals surface area contributed by atoms with E-state index < -0.39 is 0 Å². The third-order valence-corrected chi connectivity index (χ3v) is 5.17. The van der Waals surface area contributed by atoms with E-state index in [1.807, 2.05) is 34.1 Å². The molecule has 3 heterocycles. The number of aromatic nitrogens is 2. The number of benzene rings is 1. The molecule has 0 saturated carbocycles. The van der Waals surface area contributed by atoms with Gasteiger partial charge >= 0.3 is 0 Å². The largest absolute Gasteiger partial charge is 0.339 e. The molecule has 1 aromatic carbocycles. The number of amides is 1. The zero-order valence-electron chi connectivity index (χ0n) is 14.5. The first-order valence-electron chi connectivity index (χ1n) is 9.03. The van der Waals surface area contributed by atoms with Crippen LogP contribution in [0.1, 0.15) is 11.6 Å². The lowest BCUT2D eigenvalue weighted by Crippen LogP contribution is -2.55. The average molecular weight is 339 g/mol.